The Labute approximate surface area is 140 Å². The van der Waals surface area contributed by atoms with Crippen molar-refractivity contribution in [2.75, 3.05) is 26.2 Å². The minimum absolute atomic E-state index is 0.115. The lowest BCUT2D eigenvalue weighted by Gasteiger charge is -2.35. The van der Waals surface area contributed by atoms with Crippen molar-refractivity contribution in [1.29, 1.82) is 0 Å². The van der Waals surface area contributed by atoms with Crippen molar-refractivity contribution in [3.8, 4) is 0 Å². The quantitative estimate of drug-likeness (QED) is 0.870. The smallest absolute Gasteiger partial charge is 0.410 e. The van der Waals surface area contributed by atoms with E-state index in [-0.39, 0.29) is 12.0 Å². The monoisotopic (exact) mass is 330 g/mol. The Bertz CT molecular complexity index is 755. The summed E-state index contributed by atoms with van der Waals surface area (Å²) in [4.78, 5) is 28.1. The van der Waals surface area contributed by atoms with Crippen molar-refractivity contribution in [1.82, 2.24) is 20.0 Å². The van der Waals surface area contributed by atoms with Crippen LogP contribution in [0.3, 0.4) is 0 Å². The number of para-hydroxylation sites is 1. The zero-order valence-corrected chi connectivity index (χ0v) is 14.2. The second kappa shape index (κ2) is 6.14. The number of aromatic nitrogens is 2. The number of aromatic amines is 1. The van der Waals surface area contributed by atoms with E-state index in [1.165, 1.54) is 0 Å². The molecule has 7 heteroatoms. The van der Waals surface area contributed by atoms with Crippen LogP contribution in [0.15, 0.2) is 24.3 Å². The van der Waals surface area contributed by atoms with Gasteiger partial charge in [-0.2, -0.15) is 5.10 Å². The molecule has 2 aromatic rings. The van der Waals surface area contributed by atoms with Gasteiger partial charge in [-0.25, -0.2) is 4.79 Å². The molecule has 0 aliphatic carbocycles. The van der Waals surface area contributed by atoms with Crippen molar-refractivity contribution in [2.24, 2.45) is 0 Å². The van der Waals surface area contributed by atoms with Crippen LogP contribution in [0.2, 0.25) is 0 Å². The van der Waals surface area contributed by atoms with E-state index in [9.17, 15) is 9.59 Å². The second-order valence-electron chi connectivity index (χ2n) is 6.88. The maximum atomic E-state index is 12.7. The third-order valence-corrected chi connectivity index (χ3v) is 3.89. The number of rotatable bonds is 1. The minimum atomic E-state index is -0.516. The zero-order chi connectivity index (χ0) is 17.3. The summed E-state index contributed by atoms with van der Waals surface area (Å²) < 4.78 is 5.37. The number of ether oxygens (including phenoxy) is 1. The SMILES string of the molecule is CC(C)(C)OC(=O)N1CCN(C(=O)c2n[nH]c3ccccc23)CC1. The Balaban J connectivity index is 1.64. The minimum Gasteiger partial charge on any atom is -0.444 e. The number of nitrogens with zero attached hydrogens (tertiary/aromatic N) is 3. The third kappa shape index (κ3) is 3.34. The third-order valence-electron chi connectivity index (χ3n) is 3.89. The molecule has 1 aromatic carbocycles. The molecule has 1 N–H and O–H groups in total. The van der Waals surface area contributed by atoms with Gasteiger partial charge >= 0.3 is 6.09 Å². The molecule has 0 atom stereocenters. The van der Waals surface area contributed by atoms with Crippen LogP contribution in [0.1, 0.15) is 31.3 Å². The molecule has 0 saturated carbocycles. The van der Waals surface area contributed by atoms with Gasteiger partial charge in [0.05, 0.1) is 5.52 Å². The van der Waals surface area contributed by atoms with Gasteiger partial charge in [0.1, 0.15) is 5.60 Å². The van der Waals surface area contributed by atoms with Crippen LogP contribution in [0.5, 0.6) is 0 Å². The fourth-order valence-electron chi connectivity index (χ4n) is 2.69. The van der Waals surface area contributed by atoms with Crippen molar-refractivity contribution in [3.05, 3.63) is 30.0 Å². The largest absolute Gasteiger partial charge is 0.444 e. The number of nitrogens with one attached hydrogen (secondary N) is 1. The second-order valence-corrected chi connectivity index (χ2v) is 6.88. The number of benzene rings is 1. The van der Waals surface area contributed by atoms with E-state index >= 15 is 0 Å². The summed E-state index contributed by atoms with van der Waals surface area (Å²) in [5, 5.41) is 7.85. The number of piperazine rings is 1. The first kappa shape index (κ1) is 16.3. The van der Waals surface area contributed by atoms with Crippen molar-refractivity contribution in [2.45, 2.75) is 26.4 Å². The van der Waals surface area contributed by atoms with Crippen LogP contribution >= 0.6 is 0 Å². The summed E-state index contributed by atoms with van der Waals surface area (Å²) in [6, 6.07) is 7.55. The van der Waals surface area contributed by atoms with Crippen LogP contribution < -0.4 is 0 Å². The molecule has 0 radical (unpaired) electrons. The molecule has 0 bridgehead atoms. The van der Waals surface area contributed by atoms with Gasteiger partial charge in [-0.3, -0.25) is 9.89 Å². The van der Waals surface area contributed by atoms with Crippen LogP contribution in [0.4, 0.5) is 4.79 Å². The fourth-order valence-corrected chi connectivity index (χ4v) is 2.69. The Morgan fingerprint density at radius 1 is 1.08 bits per heavy atom. The Morgan fingerprint density at radius 2 is 1.71 bits per heavy atom. The first-order valence-corrected chi connectivity index (χ1v) is 8.05. The van der Waals surface area contributed by atoms with E-state index in [0.29, 0.717) is 31.9 Å². The maximum absolute atomic E-state index is 12.7. The average Bonchev–Trinajstić information content (AvgIpc) is 2.97. The van der Waals surface area contributed by atoms with Gasteiger partial charge < -0.3 is 14.5 Å². The highest BCUT2D eigenvalue weighted by molar-refractivity contribution is 6.04. The van der Waals surface area contributed by atoms with Crippen molar-refractivity contribution < 1.29 is 14.3 Å². The highest BCUT2D eigenvalue weighted by atomic mass is 16.6. The lowest BCUT2D eigenvalue weighted by Crippen LogP contribution is -2.51. The van der Waals surface area contributed by atoms with E-state index < -0.39 is 5.60 Å². The van der Waals surface area contributed by atoms with Gasteiger partial charge in [-0.05, 0) is 26.8 Å². The number of H-pyrrole nitrogens is 1. The van der Waals surface area contributed by atoms with Crippen LogP contribution in [0, 0.1) is 0 Å². The van der Waals surface area contributed by atoms with Crippen molar-refractivity contribution in [3.63, 3.8) is 0 Å². The van der Waals surface area contributed by atoms with Crippen LogP contribution in [-0.4, -0.2) is 63.8 Å². The van der Waals surface area contributed by atoms with Crippen LogP contribution in [-0.2, 0) is 4.74 Å². The molecule has 2 heterocycles. The van der Waals surface area contributed by atoms with Gasteiger partial charge in [0.2, 0.25) is 0 Å². The molecule has 2 amide bonds. The fraction of sp³-hybridized carbons (Fsp3) is 0.471. The average molecular weight is 330 g/mol. The highest BCUT2D eigenvalue weighted by Gasteiger charge is 2.29. The lowest BCUT2D eigenvalue weighted by atomic mass is 10.2. The summed E-state index contributed by atoms with van der Waals surface area (Å²) >= 11 is 0. The van der Waals surface area contributed by atoms with E-state index in [2.05, 4.69) is 10.2 Å². The van der Waals surface area contributed by atoms with E-state index in [4.69, 9.17) is 4.74 Å². The molecule has 7 nitrogen and oxygen atoms in total. The number of amides is 2. The zero-order valence-electron chi connectivity index (χ0n) is 14.2. The van der Waals surface area contributed by atoms with Crippen molar-refractivity contribution >= 4 is 22.9 Å². The summed E-state index contributed by atoms with van der Waals surface area (Å²) in [6.45, 7) is 7.39. The van der Waals surface area contributed by atoms with E-state index in [0.717, 1.165) is 10.9 Å². The first-order chi connectivity index (χ1) is 11.3. The Morgan fingerprint density at radius 3 is 2.38 bits per heavy atom. The van der Waals surface area contributed by atoms with Gasteiger partial charge in [-0.15, -0.1) is 0 Å². The molecule has 0 spiro atoms. The molecule has 1 saturated heterocycles. The number of fused-ring (bicyclic) bond motifs is 1. The first-order valence-electron chi connectivity index (χ1n) is 8.05. The van der Waals surface area contributed by atoms with Gasteiger partial charge in [0, 0.05) is 31.6 Å². The molecule has 1 fully saturated rings. The number of hydrogen-bond donors (Lipinski definition) is 1. The Kier molecular flexibility index (Phi) is 4.17. The number of carbonyl (C=O) groups excluding carboxylic acids is 2. The van der Waals surface area contributed by atoms with Gasteiger partial charge in [0.15, 0.2) is 5.69 Å². The standard InChI is InChI=1S/C17H22N4O3/c1-17(2,3)24-16(23)21-10-8-20(9-11-21)15(22)14-12-6-4-5-7-13(12)18-19-14/h4-7H,8-11H2,1-3H3,(H,18,19). The molecule has 1 aliphatic rings. The molecule has 3 rings (SSSR count). The predicted octanol–water partition coefficient (Wildman–Crippen LogP) is 2.26. The van der Waals surface area contributed by atoms with E-state index in [1.807, 2.05) is 45.0 Å². The molecule has 0 unspecified atom stereocenters. The maximum Gasteiger partial charge on any atom is 0.410 e. The molecule has 128 valence electrons. The molecule has 1 aliphatic heterocycles. The molecule has 24 heavy (non-hydrogen) atoms. The number of carbonyl (C=O) groups is 2. The number of hydrogen-bond acceptors (Lipinski definition) is 4. The molecular formula is C17H22N4O3. The predicted molar refractivity (Wildman–Crippen MR) is 89.8 cm³/mol. The normalized spacial score (nSPS) is 15.6. The summed E-state index contributed by atoms with van der Waals surface area (Å²) in [6.07, 6.45) is -0.334. The summed E-state index contributed by atoms with van der Waals surface area (Å²) in [5.74, 6) is -0.115. The summed E-state index contributed by atoms with van der Waals surface area (Å²) in [5.41, 5.74) is 0.752. The molecule has 1 aromatic heterocycles. The lowest BCUT2D eigenvalue weighted by molar-refractivity contribution is 0.0140. The Hall–Kier alpha value is -2.57. The van der Waals surface area contributed by atoms with Gasteiger partial charge in [-0.1, -0.05) is 18.2 Å². The summed E-state index contributed by atoms with van der Waals surface area (Å²) in [7, 11) is 0. The topological polar surface area (TPSA) is 78.5 Å². The van der Waals surface area contributed by atoms with Crippen LogP contribution in [0.25, 0.3) is 10.9 Å². The van der Waals surface area contributed by atoms with Gasteiger partial charge in [0.25, 0.3) is 5.91 Å². The van der Waals surface area contributed by atoms with E-state index in [1.54, 1.807) is 9.80 Å². The highest BCUT2D eigenvalue weighted by Crippen LogP contribution is 2.18. The molecular weight excluding hydrogens is 308 g/mol.